The predicted molar refractivity (Wildman–Crippen MR) is 173 cm³/mol. The standard InChI is InChI=1S/C32H20I2O12/c33-21-7-29-23(39-11-45-29)1-15(21)9-37-31(35)19-5-27-25(41-13-43-27)3-17(19)18-4-26-28(44-14-42-26)6-20(18)32(36)38-10-16-2-24-30(8-22(16)34)46-12-40-24/h1-8H,9-14H2. The number of halogens is 2. The van der Waals surface area contributed by atoms with E-state index >= 15 is 0 Å². The molecule has 0 saturated heterocycles. The van der Waals surface area contributed by atoms with Crippen molar-refractivity contribution in [3.8, 4) is 57.1 Å². The van der Waals surface area contributed by atoms with Gasteiger partial charge in [-0.05, 0) is 93.7 Å². The summed E-state index contributed by atoms with van der Waals surface area (Å²) >= 11 is 4.30. The van der Waals surface area contributed by atoms with Gasteiger partial charge >= 0.3 is 11.9 Å². The van der Waals surface area contributed by atoms with Crippen LogP contribution in [0.15, 0.2) is 48.5 Å². The third-order valence-corrected chi connectivity index (χ3v) is 9.56. The van der Waals surface area contributed by atoms with Gasteiger partial charge in [0, 0.05) is 29.4 Å². The van der Waals surface area contributed by atoms with Crippen molar-refractivity contribution in [3.63, 3.8) is 0 Å². The quantitative estimate of drug-likeness (QED) is 0.156. The Balaban J connectivity index is 1.13. The highest BCUT2D eigenvalue weighted by atomic mass is 127. The van der Waals surface area contributed by atoms with Crippen molar-refractivity contribution in [1.29, 1.82) is 0 Å². The second kappa shape index (κ2) is 11.8. The first-order chi connectivity index (χ1) is 22.4. The van der Waals surface area contributed by atoms with Crippen molar-refractivity contribution in [3.05, 3.63) is 77.9 Å². The maximum absolute atomic E-state index is 13.7. The molecule has 0 fully saturated rings. The van der Waals surface area contributed by atoms with Crippen LogP contribution in [0.2, 0.25) is 0 Å². The van der Waals surface area contributed by atoms with Crippen LogP contribution < -0.4 is 37.9 Å². The number of carbonyl (C=O) groups is 2. The second-order valence-electron chi connectivity index (χ2n) is 10.2. The third-order valence-electron chi connectivity index (χ3n) is 7.56. The van der Waals surface area contributed by atoms with Gasteiger partial charge in [-0.15, -0.1) is 0 Å². The third kappa shape index (κ3) is 5.32. The first kappa shape index (κ1) is 29.1. The lowest BCUT2D eigenvalue weighted by Crippen LogP contribution is -2.11. The Morgan fingerprint density at radius 1 is 0.478 bits per heavy atom. The first-order valence-corrected chi connectivity index (χ1v) is 15.9. The molecular weight excluding hydrogens is 830 g/mol. The smallest absolute Gasteiger partial charge is 0.339 e. The van der Waals surface area contributed by atoms with Crippen LogP contribution in [0.1, 0.15) is 31.8 Å². The van der Waals surface area contributed by atoms with Gasteiger partial charge in [0.05, 0.1) is 11.1 Å². The summed E-state index contributed by atoms with van der Waals surface area (Å²) in [6.07, 6.45) is 0. The minimum absolute atomic E-state index is 0.0210. The highest BCUT2D eigenvalue weighted by molar-refractivity contribution is 14.1. The van der Waals surface area contributed by atoms with Gasteiger partial charge in [0.15, 0.2) is 46.0 Å². The van der Waals surface area contributed by atoms with E-state index in [4.69, 9.17) is 47.4 Å². The van der Waals surface area contributed by atoms with Crippen molar-refractivity contribution in [2.45, 2.75) is 13.2 Å². The Morgan fingerprint density at radius 2 is 0.783 bits per heavy atom. The molecule has 0 spiro atoms. The lowest BCUT2D eigenvalue weighted by atomic mass is 9.94. The molecule has 234 valence electrons. The Morgan fingerprint density at radius 3 is 1.15 bits per heavy atom. The summed E-state index contributed by atoms with van der Waals surface area (Å²) < 4.78 is 57.5. The maximum Gasteiger partial charge on any atom is 0.339 e. The molecule has 0 atom stereocenters. The highest BCUT2D eigenvalue weighted by Crippen LogP contribution is 2.45. The number of hydrogen-bond acceptors (Lipinski definition) is 12. The lowest BCUT2D eigenvalue weighted by molar-refractivity contribution is 0.0460. The summed E-state index contributed by atoms with van der Waals surface area (Å²) in [6, 6.07) is 13.6. The van der Waals surface area contributed by atoms with Crippen LogP contribution in [0, 0.1) is 7.14 Å². The zero-order valence-corrected chi connectivity index (χ0v) is 27.8. The van der Waals surface area contributed by atoms with E-state index in [1.165, 1.54) is 0 Å². The molecule has 4 aromatic carbocycles. The number of fused-ring (bicyclic) bond motifs is 4. The minimum Gasteiger partial charge on any atom is -0.457 e. The number of rotatable bonds is 7. The monoisotopic (exact) mass is 850 g/mol. The second-order valence-corrected chi connectivity index (χ2v) is 12.6. The Kier molecular flexibility index (Phi) is 7.47. The van der Waals surface area contributed by atoms with Gasteiger partial charge in [0.1, 0.15) is 13.2 Å². The predicted octanol–water partition coefficient (Wildman–Crippen LogP) is 6.19. The average molecular weight is 850 g/mol. The van der Waals surface area contributed by atoms with Crippen LogP contribution >= 0.6 is 45.2 Å². The lowest BCUT2D eigenvalue weighted by Gasteiger charge is -2.16. The van der Waals surface area contributed by atoms with E-state index in [9.17, 15) is 9.59 Å². The average Bonchev–Trinajstić information content (AvgIpc) is 3.88. The molecule has 8 rings (SSSR count). The Hall–Kier alpha value is -4.32. The molecule has 0 aliphatic carbocycles. The molecule has 0 N–H and O–H groups in total. The summed E-state index contributed by atoms with van der Waals surface area (Å²) in [5.41, 5.74) is 2.50. The van der Waals surface area contributed by atoms with Crippen molar-refractivity contribution in [1.82, 2.24) is 0 Å². The fourth-order valence-corrected chi connectivity index (χ4v) is 6.44. The molecule has 12 nitrogen and oxygen atoms in total. The molecule has 0 unspecified atom stereocenters. The first-order valence-electron chi connectivity index (χ1n) is 13.8. The normalized spacial score (nSPS) is 14.4. The summed E-state index contributed by atoms with van der Waals surface area (Å²) in [6.45, 7) is 0.147. The molecule has 0 amide bonds. The molecule has 0 radical (unpaired) electrons. The minimum atomic E-state index is -0.645. The van der Waals surface area contributed by atoms with E-state index in [1.807, 2.05) is 12.1 Å². The van der Waals surface area contributed by atoms with Gasteiger partial charge in [-0.2, -0.15) is 0 Å². The van der Waals surface area contributed by atoms with Crippen molar-refractivity contribution >= 4 is 57.1 Å². The number of esters is 2. The highest BCUT2D eigenvalue weighted by Gasteiger charge is 2.29. The molecule has 4 heterocycles. The largest absolute Gasteiger partial charge is 0.457 e. The molecule has 4 aliphatic rings. The van der Waals surface area contributed by atoms with Gasteiger partial charge in [0.25, 0.3) is 0 Å². The molecule has 0 saturated carbocycles. The molecule has 46 heavy (non-hydrogen) atoms. The Bertz CT molecular complexity index is 1800. The van der Waals surface area contributed by atoms with E-state index in [2.05, 4.69) is 45.2 Å². The van der Waals surface area contributed by atoms with Crippen LogP contribution in [0.4, 0.5) is 0 Å². The summed E-state index contributed by atoms with van der Waals surface area (Å²) in [5.74, 6) is 2.69. The summed E-state index contributed by atoms with van der Waals surface area (Å²) in [5, 5.41) is 0. The number of carbonyl (C=O) groups excluding carboxylic acids is 2. The van der Waals surface area contributed by atoms with Crippen LogP contribution in [0.3, 0.4) is 0 Å². The van der Waals surface area contributed by atoms with Gasteiger partial charge in [-0.3, -0.25) is 0 Å². The van der Waals surface area contributed by atoms with Crippen LogP contribution in [0.25, 0.3) is 11.1 Å². The van der Waals surface area contributed by atoms with E-state index in [-0.39, 0.29) is 51.5 Å². The van der Waals surface area contributed by atoms with Crippen molar-refractivity contribution in [2.75, 3.05) is 27.2 Å². The molecule has 4 aromatic rings. The number of hydrogen-bond donors (Lipinski definition) is 0. The molecule has 4 aliphatic heterocycles. The number of ether oxygens (including phenoxy) is 10. The molecular formula is C32H20I2O12. The van der Waals surface area contributed by atoms with Gasteiger partial charge in [0.2, 0.25) is 27.2 Å². The van der Waals surface area contributed by atoms with Gasteiger partial charge < -0.3 is 47.4 Å². The fraction of sp³-hybridized carbons (Fsp3) is 0.188. The van der Waals surface area contributed by atoms with Crippen LogP contribution in [-0.4, -0.2) is 39.1 Å². The molecule has 14 heteroatoms. The summed E-state index contributed by atoms with van der Waals surface area (Å²) in [4.78, 5) is 27.5. The zero-order chi connectivity index (χ0) is 31.4. The van der Waals surface area contributed by atoms with E-state index in [0.717, 1.165) is 18.3 Å². The topological polar surface area (TPSA) is 126 Å². The van der Waals surface area contributed by atoms with E-state index in [1.54, 1.807) is 36.4 Å². The zero-order valence-electron chi connectivity index (χ0n) is 23.5. The van der Waals surface area contributed by atoms with Gasteiger partial charge in [-0.25, -0.2) is 9.59 Å². The summed E-state index contributed by atoms with van der Waals surface area (Å²) in [7, 11) is 0. The van der Waals surface area contributed by atoms with Crippen LogP contribution in [-0.2, 0) is 22.7 Å². The number of benzene rings is 4. The van der Waals surface area contributed by atoms with E-state index in [0.29, 0.717) is 57.1 Å². The van der Waals surface area contributed by atoms with Crippen LogP contribution in [0.5, 0.6) is 46.0 Å². The Labute approximate surface area is 287 Å². The van der Waals surface area contributed by atoms with Crippen molar-refractivity contribution < 1.29 is 57.0 Å². The maximum atomic E-state index is 13.7. The SMILES string of the molecule is O=C(OCc1cc2c(cc1I)OCO2)c1cc2c(cc1-c1cc3c(cc1C(=O)OCc1cc4c(cc1I)OCO4)OCO3)OCO2. The molecule has 0 aromatic heterocycles. The van der Waals surface area contributed by atoms with Crippen molar-refractivity contribution in [2.24, 2.45) is 0 Å². The van der Waals surface area contributed by atoms with E-state index < -0.39 is 11.9 Å². The fourth-order valence-electron chi connectivity index (χ4n) is 5.25. The molecule has 0 bridgehead atoms. The van der Waals surface area contributed by atoms with Gasteiger partial charge in [-0.1, -0.05) is 0 Å².